The summed E-state index contributed by atoms with van der Waals surface area (Å²) < 4.78 is 13.2. The molecule has 174 valence electrons. The summed E-state index contributed by atoms with van der Waals surface area (Å²) in [6, 6.07) is 6.26. The van der Waals surface area contributed by atoms with Gasteiger partial charge in [-0.2, -0.15) is 9.78 Å². The van der Waals surface area contributed by atoms with E-state index in [2.05, 4.69) is 10.00 Å². The molecule has 2 aliphatic carbocycles. The SMILES string of the molecule is COc1ccc2c(C(=O)N(C3CC3)C3CCc4nn(C(=O)OC(C)(C)C)cc4C3)csc2c1. The molecule has 1 atom stereocenters. The van der Waals surface area contributed by atoms with E-state index in [0.29, 0.717) is 6.42 Å². The van der Waals surface area contributed by atoms with Gasteiger partial charge in [-0.25, -0.2) is 4.79 Å². The molecule has 1 unspecified atom stereocenters. The Labute approximate surface area is 197 Å². The maximum atomic E-state index is 13.7. The maximum Gasteiger partial charge on any atom is 0.435 e. The summed E-state index contributed by atoms with van der Waals surface area (Å²) >= 11 is 1.58. The lowest BCUT2D eigenvalue weighted by molar-refractivity contribution is 0.0513. The number of nitrogens with zero attached hydrogens (tertiary/aromatic N) is 3. The van der Waals surface area contributed by atoms with Crippen molar-refractivity contribution in [1.82, 2.24) is 14.7 Å². The van der Waals surface area contributed by atoms with Gasteiger partial charge in [-0.15, -0.1) is 11.3 Å². The first kappa shape index (κ1) is 21.9. The van der Waals surface area contributed by atoms with Crippen molar-refractivity contribution >= 4 is 33.4 Å². The minimum atomic E-state index is -0.575. The molecule has 1 amide bonds. The van der Waals surface area contributed by atoms with Crippen molar-refractivity contribution in [2.75, 3.05) is 7.11 Å². The number of rotatable bonds is 4. The second-order valence-electron chi connectivity index (χ2n) is 9.88. The Morgan fingerprint density at radius 3 is 2.67 bits per heavy atom. The molecule has 1 saturated carbocycles. The van der Waals surface area contributed by atoms with E-state index < -0.39 is 11.7 Å². The first-order valence-corrected chi connectivity index (χ1v) is 12.3. The highest BCUT2D eigenvalue weighted by Crippen LogP contribution is 2.37. The average molecular weight is 468 g/mol. The van der Waals surface area contributed by atoms with E-state index in [1.807, 2.05) is 44.4 Å². The van der Waals surface area contributed by atoms with Gasteiger partial charge in [-0.3, -0.25) is 4.79 Å². The smallest absolute Gasteiger partial charge is 0.435 e. The van der Waals surface area contributed by atoms with Crippen molar-refractivity contribution < 1.29 is 19.1 Å². The molecule has 0 N–H and O–H groups in total. The average Bonchev–Trinajstić information content (AvgIpc) is 3.35. The molecule has 33 heavy (non-hydrogen) atoms. The van der Waals surface area contributed by atoms with E-state index in [9.17, 15) is 9.59 Å². The minimum absolute atomic E-state index is 0.0990. The quantitative estimate of drug-likeness (QED) is 0.537. The standard InChI is InChI=1S/C25H29N3O4S/c1-25(2,3)32-24(30)27-13-15-11-17(7-10-21(15)26-27)28(16-5-6-16)23(29)20-14-33-22-12-18(31-4)8-9-19(20)22/h8-9,12-14,16-17H,5-7,10-11H2,1-4H3. The number of benzene rings is 1. The third kappa shape index (κ3) is 4.36. The Morgan fingerprint density at radius 2 is 1.97 bits per heavy atom. The van der Waals surface area contributed by atoms with Crippen molar-refractivity contribution in [2.24, 2.45) is 0 Å². The minimum Gasteiger partial charge on any atom is -0.497 e. The topological polar surface area (TPSA) is 73.7 Å². The zero-order chi connectivity index (χ0) is 23.3. The van der Waals surface area contributed by atoms with Crippen LogP contribution in [0.1, 0.15) is 61.6 Å². The highest BCUT2D eigenvalue weighted by atomic mass is 32.1. The number of methoxy groups -OCH3 is 1. The molecule has 3 aromatic rings. The molecule has 0 saturated heterocycles. The predicted molar refractivity (Wildman–Crippen MR) is 127 cm³/mol. The van der Waals surface area contributed by atoms with Crippen molar-refractivity contribution in [3.05, 3.63) is 46.6 Å². The highest BCUT2D eigenvalue weighted by Gasteiger charge is 2.40. The molecule has 0 bridgehead atoms. The zero-order valence-electron chi connectivity index (χ0n) is 19.5. The van der Waals surface area contributed by atoms with Gasteiger partial charge in [-0.1, -0.05) is 0 Å². The van der Waals surface area contributed by atoms with Gasteiger partial charge in [0.2, 0.25) is 0 Å². The van der Waals surface area contributed by atoms with Gasteiger partial charge in [-0.05, 0) is 76.6 Å². The van der Waals surface area contributed by atoms with Crippen LogP contribution >= 0.6 is 11.3 Å². The Kier molecular flexibility index (Phi) is 5.43. The van der Waals surface area contributed by atoms with Crippen LogP contribution in [0.5, 0.6) is 5.75 Å². The monoisotopic (exact) mass is 467 g/mol. The van der Waals surface area contributed by atoms with Crippen LogP contribution in [0.3, 0.4) is 0 Å². The molecule has 1 aromatic carbocycles. The van der Waals surface area contributed by atoms with E-state index in [1.165, 1.54) is 4.68 Å². The van der Waals surface area contributed by atoms with Crippen molar-refractivity contribution in [3.63, 3.8) is 0 Å². The van der Waals surface area contributed by atoms with E-state index in [1.54, 1.807) is 24.6 Å². The van der Waals surface area contributed by atoms with Crippen LogP contribution in [0.25, 0.3) is 10.1 Å². The highest BCUT2D eigenvalue weighted by molar-refractivity contribution is 7.17. The molecule has 2 heterocycles. The summed E-state index contributed by atoms with van der Waals surface area (Å²) in [7, 11) is 1.65. The van der Waals surface area contributed by atoms with Crippen molar-refractivity contribution in [3.8, 4) is 5.75 Å². The zero-order valence-corrected chi connectivity index (χ0v) is 20.3. The van der Waals surface area contributed by atoms with Gasteiger partial charge in [0.1, 0.15) is 11.4 Å². The van der Waals surface area contributed by atoms with Crippen LogP contribution in [-0.4, -0.2) is 51.5 Å². The number of aryl methyl sites for hydroxylation is 1. The summed E-state index contributed by atoms with van der Waals surface area (Å²) in [6.07, 6.45) is 5.69. The molecule has 0 aliphatic heterocycles. The summed E-state index contributed by atoms with van der Waals surface area (Å²) in [5, 5.41) is 7.42. The predicted octanol–water partition coefficient (Wildman–Crippen LogP) is 5.05. The summed E-state index contributed by atoms with van der Waals surface area (Å²) in [6.45, 7) is 5.52. The number of aromatic nitrogens is 2. The van der Waals surface area contributed by atoms with Crippen molar-refractivity contribution in [1.29, 1.82) is 0 Å². The van der Waals surface area contributed by atoms with Gasteiger partial charge in [0.25, 0.3) is 5.91 Å². The van der Waals surface area contributed by atoms with Gasteiger partial charge >= 0.3 is 6.09 Å². The van der Waals surface area contributed by atoms with E-state index >= 15 is 0 Å². The van der Waals surface area contributed by atoms with Gasteiger partial charge in [0.05, 0.1) is 18.4 Å². The van der Waals surface area contributed by atoms with Crippen LogP contribution in [0.4, 0.5) is 4.79 Å². The number of hydrogen-bond donors (Lipinski definition) is 0. The molecule has 8 heteroatoms. The molecule has 2 aliphatic rings. The van der Waals surface area contributed by atoms with E-state index in [4.69, 9.17) is 9.47 Å². The Hall–Kier alpha value is -2.87. The molecule has 0 radical (unpaired) electrons. The molecule has 0 spiro atoms. The summed E-state index contributed by atoms with van der Waals surface area (Å²) in [5.74, 6) is 0.895. The maximum absolute atomic E-state index is 13.7. The second kappa shape index (κ2) is 8.17. The number of amides is 1. The fraction of sp³-hybridized carbons (Fsp3) is 0.480. The molecular weight excluding hydrogens is 438 g/mol. The van der Waals surface area contributed by atoms with Gasteiger partial charge in [0.15, 0.2) is 0 Å². The third-order valence-electron chi connectivity index (χ3n) is 6.21. The van der Waals surface area contributed by atoms with E-state index in [0.717, 1.165) is 58.3 Å². The summed E-state index contributed by atoms with van der Waals surface area (Å²) in [4.78, 5) is 28.3. The molecular formula is C25H29N3O4S. The fourth-order valence-corrected chi connectivity index (χ4v) is 5.51. The number of thiophene rings is 1. The number of fused-ring (bicyclic) bond motifs is 2. The van der Waals surface area contributed by atoms with Crippen molar-refractivity contribution in [2.45, 2.75) is 70.6 Å². The molecule has 2 aromatic heterocycles. The lowest BCUT2D eigenvalue weighted by Gasteiger charge is -2.34. The molecule has 5 rings (SSSR count). The number of hydrogen-bond acceptors (Lipinski definition) is 6. The number of carbonyl (C=O) groups excluding carboxylic acids is 2. The van der Waals surface area contributed by atoms with Gasteiger partial charge in [0, 0.05) is 33.7 Å². The summed E-state index contributed by atoms with van der Waals surface area (Å²) in [5.41, 5.74) is 2.14. The first-order valence-electron chi connectivity index (χ1n) is 11.4. The lowest BCUT2D eigenvalue weighted by atomic mass is 9.91. The lowest BCUT2D eigenvalue weighted by Crippen LogP contribution is -2.44. The third-order valence-corrected chi connectivity index (χ3v) is 7.15. The van der Waals surface area contributed by atoms with Crippen LogP contribution in [0.15, 0.2) is 29.8 Å². The Morgan fingerprint density at radius 1 is 1.18 bits per heavy atom. The fourth-order valence-electron chi connectivity index (χ4n) is 4.55. The molecule has 7 nitrogen and oxygen atoms in total. The number of ether oxygens (including phenoxy) is 2. The van der Waals surface area contributed by atoms with Crippen LogP contribution in [0, 0.1) is 0 Å². The van der Waals surface area contributed by atoms with Crippen LogP contribution < -0.4 is 4.74 Å². The Balaban J connectivity index is 1.38. The number of carbonyl (C=O) groups is 2. The first-order chi connectivity index (χ1) is 15.7. The normalized spacial score (nSPS) is 18.1. The second-order valence-corrected chi connectivity index (χ2v) is 10.8. The van der Waals surface area contributed by atoms with Gasteiger partial charge < -0.3 is 14.4 Å². The van der Waals surface area contributed by atoms with E-state index in [-0.39, 0.29) is 18.0 Å². The van der Waals surface area contributed by atoms with Crippen LogP contribution in [0.2, 0.25) is 0 Å². The Bertz CT molecular complexity index is 1220. The molecule has 1 fully saturated rings. The largest absolute Gasteiger partial charge is 0.497 e. The van der Waals surface area contributed by atoms with Crippen LogP contribution in [-0.2, 0) is 17.6 Å².